The molecule has 10 nitrogen and oxygen atoms in total. The van der Waals surface area contributed by atoms with E-state index in [-0.39, 0.29) is 5.95 Å². The average molecular weight is 347 g/mol. The second kappa shape index (κ2) is 6.35. The number of nitrogens with two attached hydrogens (primary N) is 2. The molecule has 0 aliphatic carbocycles. The molecule has 0 bridgehead atoms. The van der Waals surface area contributed by atoms with Crippen molar-refractivity contribution < 1.29 is 4.42 Å². The van der Waals surface area contributed by atoms with Gasteiger partial charge in [0.15, 0.2) is 5.82 Å². The van der Waals surface area contributed by atoms with E-state index < -0.39 is 0 Å². The topological polar surface area (TPSA) is 138 Å². The number of hydrogen-bond acceptors (Lipinski definition) is 10. The molecule has 0 fully saturated rings. The molecule has 0 aliphatic rings. The van der Waals surface area contributed by atoms with Crippen LogP contribution in [0, 0.1) is 6.92 Å². The molecule has 0 unspecified atom stereocenters. The van der Waals surface area contributed by atoms with Gasteiger partial charge in [0.25, 0.3) is 0 Å². The van der Waals surface area contributed by atoms with E-state index in [2.05, 4.69) is 25.1 Å². The van der Waals surface area contributed by atoms with Gasteiger partial charge >= 0.3 is 0 Å². The number of furan rings is 1. The molecule has 3 aromatic rings. The highest BCUT2D eigenvalue weighted by molar-refractivity contribution is 7.98. The number of anilines is 2. The fourth-order valence-corrected chi connectivity index (χ4v) is 2.71. The van der Waals surface area contributed by atoms with Gasteiger partial charge in [-0.15, -0.1) is 10.2 Å². The Balaban J connectivity index is 1.79. The summed E-state index contributed by atoms with van der Waals surface area (Å²) in [6, 6.07) is 1.80. The largest absolute Gasteiger partial charge is 0.469 e. The van der Waals surface area contributed by atoms with Crippen molar-refractivity contribution in [3.05, 3.63) is 23.9 Å². The molecule has 0 saturated carbocycles. The lowest BCUT2D eigenvalue weighted by Crippen LogP contribution is -2.16. The normalized spacial score (nSPS) is 11.0. The minimum atomic E-state index is 0.174. The number of thioether (sulfide) groups is 1. The summed E-state index contributed by atoms with van der Waals surface area (Å²) >= 11 is 1.36. The van der Waals surface area contributed by atoms with Crippen molar-refractivity contribution in [2.24, 2.45) is 0 Å². The number of aromatic nitrogens is 6. The first kappa shape index (κ1) is 16.1. The molecule has 11 heteroatoms. The van der Waals surface area contributed by atoms with E-state index in [1.54, 1.807) is 17.2 Å². The van der Waals surface area contributed by atoms with Crippen LogP contribution in [-0.4, -0.2) is 43.9 Å². The molecule has 0 aromatic carbocycles. The molecule has 0 amide bonds. The van der Waals surface area contributed by atoms with Gasteiger partial charge in [0.1, 0.15) is 11.6 Å². The smallest absolute Gasteiger partial charge is 0.229 e. The third-order valence-electron chi connectivity index (χ3n) is 3.18. The van der Waals surface area contributed by atoms with Gasteiger partial charge in [-0.25, -0.2) is 4.68 Å². The lowest BCUT2D eigenvalue weighted by atomic mass is 10.2. The Bertz CT molecular complexity index is 857. The number of nitrogens with zero attached hydrogens (tertiary/aromatic N) is 7. The van der Waals surface area contributed by atoms with Crippen LogP contribution in [0.4, 0.5) is 11.9 Å². The van der Waals surface area contributed by atoms with Crippen LogP contribution in [0.5, 0.6) is 0 Å². The van der Waals surface area contributed by atoms with Crippen LogP contribution >= 0.6 is 11.8 Å². The Morgan fingerprint density at radius 3 is 2.71 bits per heavy atom. The maximum atomic E-state index is 6.08. The van der Waals surface area contributed by atoms with Crippen molar-refractivity contribution in [3.8, 4) is 11.4 Å². The molecule has 0 aliphatic heterocycles. The molecule has 3 aromatic heterocycles. The Morgan fingerprint density at radius 2 is 2.04 bits per heavy atom. The zero-order valence-corrected chi connectivity index (χ0v) is 14.3. The number of hydrogen-bond donors (Lipinski definition) is 2. The SMILES string of the molecule is Cc1occc1-c1nnc(SCc2nc(N)nc(N(C)C)n2)n1N. The molecule has 0 saturated heterocycles. The molecular weight excluding hydrogens is 330 g/mol. The van der Waals surface area contributed by atoms with Gasteiger partial charge in [0.2, 0.25) is 17.1 Å². The third kappa shape index (κ3) is 3.11. The molecule has 24 heavy (non-hydrogen) atoms. The van der Waals surface area contributed by atoms with Crippen molar-refractivity contribution in [1.82, 2.24) is 29.8 Å². The van der Waals surface area contributed by atoms with Gasteiger partial charge in [-0.3, -0.25) is 0 Å². The van der Waals surface area contributed by atoms with Crippen molar-refractivity contribution in [1.29, 1.82) is 0 Å². The van der Waals surface area contributed by atoms with E-state index in [0.29, 0.717) is 28.5 Å². The van der Waals surface area contributed by atoms with Crippen LogP contribution in [0.1, 0.15) is 11.6 Å². The first-order valence-corrected chi connectivity index (χ1v) is 7.99. The minimum absolute atomic E-state index is 0.174. The zero-order valence-electron chi connectivity index (χ0n) is 13.5. The lowest BCUT2D eigenvalue weighted by Gasteiger charge is -2.11. The highest BCUT2D eigenvalue weighted by Crippen LogP contribution is 2.26. The van der Waals surface area contributed by atoms with E-state index in [1.165, 1.54) is 16.4 Å². The number of aryl methyl sites for hydroxylation is 1. The van der Waals surface area contributed by atoms with Crippen molar-refractivity contribution in [2.75, 3.05) is 30.6 Å². The monoisotopic (exact) mass is 347 g/mol. The summed E-state index contributed by atoms with van der Waals surface area (Å²) in [4.78, 5) is 14.3. The standard InChI is InChI=1S/C13H17N9OS/c1-7-8(4-5-23-7)10-19-20-13(22(10)15)24-6-9-16-11(14)18-12(17-9)21(2)3/h4-5H,6,15H2,1-3H3,(H2,14,16,17,18). The Morgan fingerprint density at radius 1 is 1.25 bits per heavy atom. The second-order valence-electron chi connectivity index (χ2n) is 5.16. The molecule has 0 radical (unpaired) electrons. The van der Waals surface area contributed by atoms with Gasteiger partial charge in [-0.1, -0.05) is 11.8 Å². The fourth-order valence-electron chi connectivity index (χ4n) is 1.99. The predicted molar refractivity (Wildman–Crippen MR) is 90.7 cm³/mol. The second-order valence-corrected chi connectivity index (χ2v) is 6.10. The van der Waals surface area contributed by atoms with Gasteiger partial charge in [-0.2, -0.15) is 15.0 Å². The lowest BCUT2D eigenvalue weighted by molar-refractivity contribution is 0.535. The molecule has 0 atom stereocenters. The maximum absolute atomic E-state index is 6.08. The Hall–Kier alpha value is -2.82. The van der Waals surface area contributed by atoms with Crippen LogP contribution in [0.15, 0.2) is 21.9 Å². The van der Waals surface area contributed by atoms with Crippen LogP contribution in [0.25, 0.3) is 11.4 Å². The van der Waals surface area contributed by atoms with Gasteiger partial charge in [0, 0.05) is 14.1 Å². The van der Waals surface area contributed by atoms with Crippen LogP contribution in [0.3, 0.4) is 0 Å². The van der Waals surface area contributed by atoms with E-state index >= 15 is 0 Å². The first-order chi connectivity index (χ1) is 11.5. The summed E-state index contributed by atoms with van der Waals surface area (Å²) in [6.07, 6.45) is 1.59. The molecule has 4 N–H and O–H groups in total. The Kier molecular flexibility index (Phi) is 4.25. The molecular formula is C13H17N9OS. The Labute approximate surface area is 142 Å². The van der Waals surface area contributed by atoms with Gasteiger partial charge < -0.3 is 20.9 Å². The minimum Gasteiger partial charge on any atom is -0.469 e. The summed E-state index contributed by atoms with van der Waals surface area (Å²) in [5, 5.41) is 8.76. The van der Waals surface area contributed by atoms with E-state index in [4.69, 9.17) is 16.0 Å². The third-order valence-corrected chi connectivity index (χ3v) is 4.12. The molecule has 126 valence electrons. The highest BCUT2D eigenvalue weighted by atomic mass is 32.2. The summed E-state index contributed by atoms with van der Waals surface area (Å²) in [7, 11) is 3.67. The van der Waals surface area contributed by atoms with Crippen LogP contribution in [0.2, 0.25) is 0 Å². The summed E-state index contributed by atoms with van der Waals surface area (Å²) in [5.74, 6) is 9.00. The number of nitrogen functional groups attached to an aromatic ring is 2. The predicted octanol–water partition coefficient (Wildman–Crippen LogP) is 0.686. The van der Waals surface area contributed by atoms with Crippen LogP contribution < -0.4 is 16.5 Å². The summed E-state index contributed by atoms with van der Waals surface area (Å²) in [6.45, 7) is 1.84. The highest BCUT2D eigenvalue weighted by Gasteiger charge is 2.16. The summed E-state index contributed by atoms with van der Waals surface area (Å²) < 4.78 is 6.69. The van der Waals surface area contributed by atoms with Crippen molar-refractivity contribution in [2.45, 2.75) is 17.8 Å². The van der Waals surface area contributed by atoms with Crippen LogP contribution in [-0.2, 0) is 5.75 Å². The molecule has 0 spiro atoms. The maximum Gasteiger partial charge on any atom is 0.229 e. The molecule has 3 heterocycles. The van der Waals surface area contributed by atoms with E-state index in [0.717, 1.165) is 11.3 Å². The average Bonchev–Trinajstić information content (AvgIpc) is 3.10. The van der Waals surface area contributed by atoms with Gasteiger partial charge in [-0.05, 0) is 13.0 Å². The van der Waals surface area contributed by atoms with Crippen molar-refractivity contribution in [3.63, 3.8) is 0 Å². The fraction of sp³-hybridized carbons (Fsp3) is 0.308. The first-order valence-electron chi connectivity index (χ1n) is 7.01. The van der Waals surface area contributed by atoms with E-state index in [9.17, 15) is 0 Å². The zero-order chi connectivity index (χ0) is 17.3. The van der Waals surface area contributed by atoms with Gasteiger partial charge in [0.05, 0.1) is 17.6 Å². The van der Waals surface area contributed by atoms with Crippen molar-refractivity contribution >= 4 is 23.7 Å². The summed E-state index contributed by atoms with van der Waals surface area (Å²) in [5.41, 5.74) is 6.52. The number of rotatable bonds is 5. The van der Waals surface area contributed by atoms with E-state index in [1.807, 2.05) is 21.0 Å². The molecule has 3 rings (SSSR count). The quantitative estimate of drug-likeness (QED) is 0.500.